The minimum absolute atomic E-state index is 0.348. The molecule has 0 saturated carbocycles. The molecule has 232 valence electrons. The fraction of sp³-hybridized carbons (Fsp3) is 0.286. The van der Waals surface area contributed by atoms with E-state index in [-0.39, 0.29) is 21.7 Å². The number of aromatic nitrogens is 4. The Balaban J connectivity index is 1.55. The van der Waals surface area contributed by atoms with E-state index in [1.165, 1.54) is 22.3 Å². The van der Waals surface area contributed by atoms with Crippen LogP contribution in [0.2, 0.25) is 0 Å². The Morgan fingerprint density at radius 1 is 0.522 bits per heavy atom. The van der Waals surface area contributed by atoms with Crippen LogP contribution in [0.4, 0.5) is 0 Å². The van der Waals surface area contributed by atoms with Gasteiger partial charge in [-0.2, -0.15) is 0 Å². The van der Waals surface area contributed by atoms with Crippen LogP contribution >= 0.6 is 0 Å². The zero-order valence-electron chi connectivity index (χ0n) is 28.3. The Morgan fingerprint density at radius 3 is 1.65 bits per heavy atom. The molecule has 0 spiro atoms. The second kappa shape index (κ2) is 10.4. The van der Waals surface area contributed by atoms with Crippen molar-refractivity contribution in [1.29, 1.82) is 0 Å². The summed E-state index contributed by atoms with van der Waals surface area (Å²) >= 11 is 0. The molecule has 1 aliphatic heterocycles. The Labute approximate surface area is 273 Å². The van der Waals surface area contributed by atoms with Crippen LogP contribution in [0.25, 0.3) is 16.9 Å². The van der Waals surface area contributed by atoms with Crippen molar-refractivity contribution in [2.24, 2.45) is 0 Å². The van der Waals surface area contributed by atoms with Gasteiger partial charge in [0, 0.05) is 39.1 Å². The number of benzene rings is 4. The molecule has 0 fully saturated rings. The average molecular weight is 605 g/mol. The molecule has 0 radical (unpaired) electrons. The number of aromatic amines is 1. The number of para-hydroxylation sites is 1. The molecule has 1 N–H and O–H groups in total. The topological polar surface area (TPSA) is 46.5 Å². The quantitative estimate of drug-likeness (QED) is 0.214. The largest absolute Gasteiger partial charge is 0.344 e. The van der Waals surface area contributed by atoms with Crippen LogP contribution < -0.4 is 0 Å². The van der Waals surface area contributed by atoms with Gasteiger partial charge in [-0.05, 0) is 62.1 Å². The molecule has 0 amide bonds. The second-order valence-electron chi connectivity index (χ2n) is 15.0. The van der Waals surface area contributed by atoms with Gasteiger partial charge in [0.2, 0.25) is 0 Å². The fourth-order valence-electron chi connectivity index (χ4n) is 6.99. The van der Waals surface area contributed by atoms with E-state index in [4.69, 9.17) is 9.97 Å². The molecule has 7 rings (SSSR count). The number of hydrogen-bond donors (Lipinski definition) is 1. The summed E-state index contributed by atoms with van der Waals surface area (Å²) in [6.07, 6.45) is 2.25. The van der Waals surface area contributed by atoms with Crippen LogP contribution in [0.3, 0.4) is 0 Å². The Hall–Kier alpha value is -4.70. The monoisotopic (exact) mass is 604 g/mol. The van der Waals surface area contributed by atoms with Gasteiger partial charge in [0.05, 0.1) is 17.1 Å². The van der Waals surface area contributed by atoms with Crippen LogP contribution in [-0.2, 0) is 21.7 Å². The first-order valence-corrected chi connectivity index (χ1v) is 16.4. The van der Waals surface area contributed by atoms with Crippen molar-refractivity contribution in [2.75, 3.05) is 0 Å². The van der Waals surface area contributed by atoms with Crippen molar-refractivity contribution in [1.82, 2.24) is 19.5 Å². The SMILES string of the molecule is CC1(C)c2cccc(c2)C(C)(C)c2[nH]c(nc2-c2ccccc2)C(C)(C)c2cccc(c2)C(C)(C)c2nc1cn2-c1ccccc1. The van der Waals surface area contributed by atoms with Gasteiger partial charge in [-0.15, -0.1) is 0 Å². The molecule has 6 aromatic rings. The van der Waals surface area contributed by atoms with E-state index in [0.717, 1.165) is 40.0 Å². The highest BCUT2D eigenvalue weighted by molar-refractivity contribution is 5.65. The van der Waals surface area contributed by atoms with Crippen molar-refractivity contribution in [3.8, 4) is 16.9 Å². The summed E-state index contributed by atoms with van der Waals surface area (Å²) in [6, 6.07) is 39.3. The summed E-state index contributed by atoms with van der Waals surface area (Å²) in [5, 5.41) is 0. The number of hydrogen-bond acceptors (Lipinski definition) is 2. The van der Waals surface area contributed by atoms with E-state index >= 15 is 0 Å². The third-order valence-corrected chi connectivity index (χ3v) is 10.5. The van der Waals surface area contributed by atoms with Gasteiger partial charge < -0.3 is 9.55 Å². The minimum Gasteiger partial charge on any atom is -0.344 e. The first-order valence-electron chi connectivity index (χ1n) is 16.4. The van der Waals surface area contributed by atoms with E-state index in [9.17, 15) is 0 Å². The highest BCUT2D eigenvalue weighted by atomic mass is 15.1. The number of nitrogens with zero attached hydrogens (tertiary/aromatic N) is 3. The van der Waals surface area contributed by atoms with Gasteiger partial charge in [0.25, 0.3) is 0 Å². The van der Waals surface area contributed by atoms with Crippen LogP contribution in [0.5, 0.6) is 0 Å². The predicted molar refractivity (Wildman–Crippen MR) is 189 cm³/mol. The number of fused-ring (bicyclic) bond motifs is 8. The van der Waals surface area contributed by atoms with E-state index in [0.29, 0.717) is 0 Å². The van der Waals surface area contributed by atoms with Crippen molar-refractivity contribution in [2.45, 2.75) is 77.0 Å². The summed E-state index contributed by atoms with van der Waals surface area (Å²) in [7, 11) is 0. The number of imidazole rings is 2. The van der Waals surface area contributed by atoms with Gasteiger partial charge in [0.1, 0.15) is 11.6 Å². The summed E-state index contributed by atoms with van der Waals surface area (Å²) in [5.74, 6) is 1.98. The lowest BCUT2D eigenvalue weighted by atomic mass is 9.75. The molecule has 4 nitrogen and oxygen atoms in total. The third kappa shape index (κ3) is 4.65. The maximum atomic E-state index is 5.51. The number of rotatable bonds is 2. The van der Waals surface area contributed by atoms with Crippen molar-refractivity contribution < 1.29 is 0 Å². The lowest BCUT2D eigenvalue weighted by molar-refractivity contribution is 0.554. The van der Waals surface area contributed by atoms with Gasteiger partial charge in [-0.3, -0.25) is 0 Å². The van der Waals surface area contributed by atoms with Crippen molar-refractivity contribution in [3.05, 3.63) is 161 Å². The molecule has 4 heteroatoms. The first kappa shape index (κ1) is 30.0. The normalized spacial score (nSPS) is 17.4. The molecule has 0 saturated heterocycles. The highest BCUT2D eigenvalue weighted by Crippen LogP contribution is 2.44. The Kier molecular flexibility index (Phi) is 6.79. The minimum atomic E-state index is -0.388. The van der Waals surface area contributed by atoms with Gasteiger partial charge in [-0.25, -0.2) is 9.97 Å². The van der Waals surface area contributed by atoms with E-state index in [1.807, 2.05) is 0 Å². The molecule has 0 unspecified atom stereocenters. The molecule has 2 aromatic heterocycles. The Morgan fingerprint density at radius 2 is 1.04 bits per heavy atom. The van der Waals surface area contributed by atoms with Crippen molar-refractivity contribution >= 4 is 0 Å². The lowest BCUT2D eigenvalue weighted by Crippen LogP contribution is -2.27. The molecule has 46 heavy (non-hydrogen) atoms. The third-order valence-electron chi connectivity index (χ3n) is 10.5. The smallest absolute Gasteiger partial charge is 0.123 e. The second-order valence-corrected chi connectivity index (χ2v) is 15.0. The van der Waals surface area contributed by atoms with E-state index in [2.05, 4.69) is 180 Å². The molecule has 3 heterocycles. The van der Waals surface area contributed by atoms with Crippen LogP contribution in [0, 0.1) is 0 Å². The highest BCUT2D eigenvalue weighted by Gasteiger charge is 2.38. The summed E-state index contributed by atoms with van der Waals surface area (Å²) in [4.78, 5) is 14.8. The lowest BCUT2D eigenvalue weighted by Gasteiger charge is -2.31. The number of H-pyrrole nitrogens is 1. The summed E-state index contributed by atoms with van der Waals surface area (Å²) < 4.78 is 2.30. The maximum Gasteiger partial charge on any atom is 0.123 e. The maximum absolute atomic E-state index is 5.51. The molecular weight excluding hydrogens is 560 g/mol. The van der Waals surface area contributed by atoms with Gasteiger partial charge in [0.15, 0.2) is 0 Å². The summed E-state index contributed by atoms with van der Waals surface area (Å²) in [5.41, 5.74) is 8.83. The van der Waals surface area contributed by atoms with Crippen molar-refractivity contribution in [3.63, 3.8) is 0 Å². The number of nitrogens with one attached hydrogen (secondary N) is 1. The molecule has 4 aromatic carbocycles. The average Bonchev–Trinajstić information content (AvgIpc) is 3.73. The van der Waals surface area contributed by atoms with Crippen LogP contribution in [-0.4, -0.2) is 19.5 Å². The standard InChI is InChI=1S/C42H44N4/c1-39(2)29-19-15-20-30(25-29)40(3,4)36-35(28-17-11-9-12-18-28)44-37(45-36)41(5,6)31-21-16-22-32(26-31)42(7,8)38-43-34(39)27-46(38)33-23-13-10-14-24-33/h9-27H,1-8H3,(H,44,45). The zero-order valence-corrected chi connectivity index (χ0v) is 28.3. The molecule has 0 aliphatic carbocycles. The fourth-order valence-corrected chi connectivity index (χ4v) is 6.99. The Bertz CT molecular complexity index is 1890. The molecule has 1 aliphatic rings. The predicted octanol–water partition coefficient (Wildman–Crippen LogP) is 9.88. The first-order chi connectivity index (χ1) is 21.8. The molecular formula is C42H44N4. The van der Waals surface area contributed by atoms with Gasteiger partial charge in [-0.1, -0.05) is 125 Å². The van der Waals surface area contributed by atoms with E-state index in [1.54, 1.807) is 0 Å². The van der Waals surface area contributed by atoms with Gasteiger partial charge >= 0.3 is 0 Å². The van der Waals surface area contributed by atoms with Crippen LogP contribution in [0.1, 0.15) is 101 Å². The van der Waals surface area contributed by atoms with Crippen LogP contribution in [0.15, 0.2) is 115 Å². The summed E-state index contributed by atoms with van der Waals surface area (Å²) in [6.45, 7) is 18.4. The zero-order chi connectivity index (χ0) is 32.5. The molecule has 0 atom stereocenters. The molecule has 8 bridgehead atoms. The van der Waals surface area contributed by atoms with E-state index < -0.39 is 0 Å².